The summed E-state index contributed by atoms with van der Waals surface area (Å²) in [4.78, 5) is 5.17. The van der Waals surface area contributed by atoms with E-state index in [4.69, 9.17) is 5.73 Å². The predicted octanol–water partition coefficient (Wildman–Crippen LogP) is 3.11. The molecule has 0 bridgehead atoms. The highest BCUT2D eigenvalue weighted by Gasteiger charge is 2.37. The third kappa shape index (κ3) is 3.78. The van der Waals surface area contributed by atoms with Crippen molar-refractivity contribution in [3.63, 3.8) is 0 Å². The molecule has 0 unspecified atom stereocenters. The zero-order chi connectivity index (χ0) is 15.1. The summed E-state index contributed by atoms with van der Waals surface area (Å²) in [6.45, 7) is 9.91. The Morgan fingerprint density at radius 1 is 1.05 bits per heavy atom. The molecule has 1 aromatic carbocycles. The number of hydrogen-bond acceptors (Lipinski definition) is 3. The molecule has 0 amide bonds. The van der Waals surface area contributed by atoms with Crippen LogP contribution in [0.15, 0.2) is 30.3 Å². The van der Waals surface area contributed by atoms with Crippen LogP contribution in [0, 0.1) is 0 Å². The van der Waals surface area contributed by atoms with Gasteiger partial charge >= 0.3 is 0 Å². The fraction of sp³-hybridized carbons (Fsp3) is 0.667. The highest BCUT2D eigenvalue weighted by Crippen LogP contribution is 2.31. The third-order valence-corrected chi connectivity index (χ3v) is 4.85. The minimum Gasteiger partial charge on any atom is -0.371 e. The van der Waals surface area contributed by atoms with Gasteiger partial charge in [0.1, 0.15) is 0 Å². The van der Waals surface area contributed by atoms with Crippen molar-refractivity contribution in [2.45, 2.75) is 45.1 Å². The lowest BCUT2D eigenvalue weighted by atomic mass is 9.85. The van der Waals surface area contributed by atoms with Crippen LogP contribution in [-0.2, 0) is 0 Å². The maximum absolute atomic E-state index is 6.22. The normalized spacial score (nSPS) is 18.2. The van der Waals surface area contributed by atoms with E-state index in [1.807, 2.05) is 0 Å². The maximum atomic E-state index is 6.22. The first-order chi connectivity index (χ1) is 10.3. The Morgan fingerprint density at radius 2 is 1.62 bits per heavy atom. The van der Waals surface area contributed by atoms with Gasteiger partial charge in [-0.1, -0.05) is 32.0 Å². The molecule has 0 saturated carbocycles. The van der Waals surface area contributed by atoms with E-state index in [0.29, 0.717) is 0 Å². The first-order valence-electron chi connectivity index (χ1n) is 8.51. The van der Waals surface area contributed by atoms with Crippen LogP contribution >= 0.6 is 0 Å². The van der Waals surface area contributed by atoms with Gasteiger partial charge < -0.3 is 10.6 Å². The van der Waals surface area contributed by atoms with Gasteiger partial charge in [0.2, 0.25) is 0 Å². The summed E-state index contributed by atoms with van der Waals surface area (Å²) in [5, 5.41) is 0. The first kappa shape index (κ1) is 16.3. The minimum absolute atomic E-state index is 0.220. The second kappa shape index (κ2) is 7.81. The topological polar surface area (TPSA) is 32.5 Å². The highest BCUT2D eigenvalue weighted by molar-refractivity contribution is 5.46. The Kier molecular flexibility index (Phi) is 6.07. The molecule has 0 spiro atoms. The Bertz CT molecular complexity index is 390. The molecule has 2 rings (SSSR count). The van der Waals surface area contributed by atoms with Gasteiger partial charge in [-0.3, -0.25) is 4.90 Å². The van der Waals surface area contributed by atoms with Crippen molar-refractivity contribution in [3.8, 4) is 0 Å². The van der Waals surface area contributed by atoms with Crippen LogP contribution in [0.2, 0.25) is 0 Å². The van der Waals surface area contributed by atoms with Gasteiger partial charge in [-0.05, 0) is 50.9 Å². The van der Waals surface area contributed by atoms with Crippen molar-refractivity contribution < 1.29 is 0 Å². The van der Waals surface area contributed by atoms with E-state index in [2.05, 4.69) is 54.0 Å². The summed E-state index contributed by atoms with van der Waals surface area (Å²) >= 11 is 0. The van der Waals surface area contributed by atoms with Crippen molar-refractivity contribution in [3.05, 3.63) is 30.3 Å². The third-order valence-electron chi connectivity index (χ3n) is 4.85. The van der Waals surface area contributed by atoms with E-state index < -0.39 is 0 Å². The second-order valence-corrected chi connectivity index (χ2v) is 6.24. The number of benzene rings is 1. The minimum atomic E-state index is 0.220. The monoisotopic (exact) mass is 289 g/mol. The predicted molar refractivity (Wildman–Crippen MR) is 91.8 cm³/mol. The van der Waals surface area contributed by atoms with Crippen LogP contribution in [0.1, 0.15) is 39.5 Å². The van der Waals surface area contributed by atoms with Gasteiger partial charge in [0, 0.05) is 30.9 Å². The van der Waals surface area contributed by atoms with Crippen molar-refractivity contribution >= 4 is 5.69 Å². The molecule has 1 aliphatic heterocycles. The van der Waals surface area contributed by atoms with Crippen LogP contribution in [0.3, 0.4) is 0 Å². The molecule has 1 fully saturated rings. The lowest BCUT2D eigenvalue weighted by Crippen LogP contribution is -2.59. The molecule has 1 saturated heterocycles. The fourth-order valence-electron chi connectivity index (χ4n) is 3.60. The molecule has 3 nitrogen and oxygen atoms in total. The average Bonchev–Trinajstić information content (AvgIpc) is 2.55. The molecule has 0 aliphatic carbocycles. The van der Waals surface area contributed by atoms with E-state index in [1.54, 1.807) is 0 Å². The molecule has 2 N–H and O–H groups in total. The number of nitrogens with two attached hydrogens (primary N) is 1. The van der Waals surface area contributed by atoms with E-state index in [1.165, 1.54) is 44.5 Å². The van der Waals surface area contributed by atoms with E-state index in [9.17, 15) is 0 Å². The summed E-state index contributed by atoms with van der Waals surface area (Å²) < 4.78 is 0. The Labute approximate surface area is 130 Å². The van der Waals surface area contributed by atoms with Gasteiger partial charge in [0.05, 0.1) is 0 Å². The van der Waals surface area contributed by atoms with Crippen molar-refractivity contribution in [1.82, 2.24) is 4.90 Å². The summed E-state index contributed by atoms with van der Waals surface area (Å²) in [7, 11) is 0. The van der Waals surface area contributed by atoms with Crippen LogP contribution < -0.4 is 10.6 Å². The summed E-state index contributed by atoms with van der Waals surface area (Å²) in [6, 6.07) is 10.8. The maximum Gasteiger partial charge on any atom is 0.0366 e. The second-order valence-electron chi connectivity index (χ2n) is 6.24. The molecule has 1 aromatic rings. The number of nitrogens with zero attached hydrogens (tertiary/aromatic N) is 2. The molecule has 0 atom stereocenters. The smallest absolute Gasteiger partial charge is 0.0366 e. The van der Waals surface area contributed by atoms with Crippen LogP contribution in [0.4, 0.5) is 5.69 Å². The summed E-state index contributed by atoms with van der Waals surface area (Å²) in [5.74, 6) is 0. The zero-order valence-electron chi connectivity index (χ0n) is 13.7. The van der Waals surface area contributed by atoms with Crippen molar-refractivity contribution in [2.75, 3.05) is 37.6 Å². The number of piperidine rings is 1. The zero-order valence-corrected chi connectivity index (χ0v) is 13.7. The quantitative estimate of drug-likeness (QED) is 0.837. The van der Waals surface area contributed by atoms with Crippen LogP contribution in [0.25, 0.3) is 0 Å². The first-order valence-corrected chi connectivity index (χ1v) is 8.51. The lowest BCUT2D eigenvalue weighted by molar-refractivity contribution is 0.0687. The van der Waals surface area contributed by atoms with E-state index in [0.717, 1.165) is 19.6 Å². The van der Waals surface area contributed by atoms with Gasteiger partial charge in [-0.15, -0.1) is 0 Å². The Hall–Kier alpha value is -1.06. The highest BCUT2D eigenvalue weighted by atomic mass is 15.2. The average molecular weight is 289 g/mol. The van der Waals surface area contributed by atoms with Crippen molar-refractivity contribution in [2.24, 2.45) is 5.73 Å². The number of rotatable bonds is 7. The van der Waals surface area contributed by atoms with Gasteiger partial charge in [0.15, 0.2) is 0 Å². The number of para-hydroxylation sites is 1. The molecular formula is C18H31N3. The number of anilines is 1. The number of hydrogen-bond donors (Lipinski definition) is 1. The van der Waals surface area contributed by atoms with Gasteiger partial charge in [-0.2, -0.15) is 0 Å². The fourth-order valence-corrected chi connectivity index (χ4v) is 3.60. The summed E-state index contributed by atoms with van der Waals surface area (Å²) in [5.41, 5.74) is 7.79. The largest absolute Gasteiger partial charge is 0.371 e. The molecule has 0 aromatic heterocycles. The Morgan fingerprint density at radius 3 is 2.10 bits per heavy atom. The molecule has 1 heterocycles. The molecule has 118 valence electrons. The molecule has 3 heteroatoms. The standard InChI is InChI=1S/C18H31N3/c1-3-12-21(13-4-2)18(16-19)10-14-20(15-11-18)17-8-6-5-7-9-17/h5-9H,3-4,10-16,19H2,1-2H3. The van der Waals surface area contributed by atoms with Crippen LogP contribution in [0.5, 0.6) is 0 Å². The van der Waals surface area contributed by atoms with Gasteiger partial charge in [0.25, 0.3) is 0 Å². The van der Waals surface area contributed by atoms with Gasteiger partial charge in [-0.25, -0.2) is 0 Å². The molecular weight excluding hydrogens is 258 g/mol. The lowest BCUT2D eigenvalue weighted by Gasteiger charge is -2.49. The SMILES string of the molecule is CCCN(CCC)C1(CN)CCN(c2ccccc2)CC1. The Balaban J connectivity index is 2.04. The molecule has 1 aliphatic rings. The van der Waals surface area contributed by atoms with E-state index in [-0.39, 0.29) is 5.54 Å². The molecule has 0 radical (unpaired) electrons. The van der Waals surface area contributed by atoms with Crippen LogP contribution in [-0.4, -0.2) is 43.2 Å². The molecule has 21 heavy (non-hydrogen) atoms. The van der Waals surface area contributed by atoms with Crippen molar-refractivity contribution in [1.29, 1.82) is 0 Å². The summed E-state index contributed by atoms with van der Waals surface area (Å²) in [6.07, 6.45) is 4.78. The van der Waals surface area contributed by atoms with E-state index >= 15 is 0 Å².